The van der Waals surface area contributed by atoms with Crippen molar-refractivity contribution in [1.82, 2.24) is 9.80 Å². The van der Waals surface area contributed by atoms with Gasteiger partial charge in [0.1, 0.15) is 0 Å². The third kappa shape index (κ3) is 3.26. The first kappa shape index (κ1) is 14.3. The Morgan fingerprint density at radius 1 is 1.37 bits per heavy atom. The molecule has 0 aliphatic carbocycles. The van der Waals surface area contributed by atoms with Gasteiger partial charge in [0.15, 0.2) is 0 Å². The number of hydrogen-bond donors (Lipinski definition) is 0. The van der Waals surface area contributed by atoms with Crippen LogP contribution in [0.25, 0.3) is 0 Å². The van der Waals surface area contributed by atoms with Gasteiger partial charge in [-0.1, -0.05) is 0 Å². The Kier molecular flexibility index (Phi) is 4.80. The van der Waals surface area contributed by atoms with Crippen molar-refractivity contribution in [3.63, 3.8) is 0 Å². The number of ether oxygens (including phenoxy) is 1. The number of hydrogen-bond acceptors (Lipinski definition) is 3. The van der Waals surface area contributed by atoms with Gasteiger partial charge in [-0.05, 0) is 33.1 Å². The fourth-order valence-corrected chi connectivity index (χ4v) is 2.92. The molecule has 19 heavy (non-hydrogen) atoms. The molecule has 2 aliphatic rings. The smallest absolute Gasteiger partial charge is 0.242 e. The average molecular weight is 268 g/mol. The molecule has 0 aromatic heterocycles. The summed E-state index contributed by atoms with van der Waals surface area (Å²) in [4.78, 5) is 28.1. The third-order valence-corrected chi connectivity index (χ3v) is 4.15. The molecule has 2 saturated heterocycles. The maximum atomic E-state index is 12.5. The van der Waals surface area contributed by atoms with Gasteiger partial charge in [-0.3, -0.25) is 9.59 Å². The molecule has 0 spiro atoms. The van der Waals surface area contributed by atoms with Crippen LogP contribution in [0.2, 0.25) is 0 Å². The van der Waals surface area contributed by atoms with Crippen LogP contribution in [0, 0.1) is 5.92 Å². The number of carbonyl (C=O) groups is 2. The summed E-state index contributed by atoms with van der Waals surface area (Å²) in [7, 11) is 0. The van der Waals surface area contributed by atoms with Crippen molar-refractivity contribution in [3.8, 4) is 0 Å². The predicted octanol–water partition coefficient (Wildman–Crippen LogP) is 0.882. The summed E-state index contributed by atoms with van der Waals surface area (Å²) in [6.45, 7) is 7.08. The minimum absolute atomic E-state index is 0.0260. The second kappa shape index (κ2) is 6.37. The molecule has 2 atom stereocenters. The van der Waals surface area contributed by atoms with Crippen LogP contribution in [0.3, 0.4) is 0 Å². The summed E-state index contributed by atoms with van der Waals surface area (Å²) in [6.07, 6.45) is 2.65. The molecule has 0 bridgehead atoms. The topological polar surface area (TPSA) is 49.9 Å². The molecule has 0 saturated carbocycles. The molecular weight excluding hydrogens is 244 g/mol. The lowest BCUT2D eigenvalue weighted by Gasteiger charge is -2.32. The molecule has 108 valence electrons. The summed E-state index contributed by atoms with van der Waals surface area (Å²) in [5.41, 5.74) is 0. The van der Waals surface area contributed by atoms with Crippen LogP contribution >= 0.6 is 0 Å². The molecule has 0 aromatic rings. The van der Waals surface area contributed by atoms with Crippen molar-refractivity contribution in [2.45, 2.75) is 39.2 Å². The van der Waals surface area contributed by atoms with Gasteiger partial charge >= 0.3 is 0 Å². The highest BCUT2D eigenvalue weighted by molar-refractivity contribution is 5.86. The second-order valence-corrected chi connectivity index (χ2v) is 5.41. The van der Waals surface area contributed by atoms with E-state index in [1.54, 1.807) is 4.90 Å². The molecular formula is C14H24N2O3. The molecule has 0 aromatic carbocycles. The van der Waals surface area contributed by atoms with Gasteiger partial charge in [0.2, 0.25) is 11.8 Å². The van der Waals surface area contributed by atoms with Crippen molar-refractivity contribution in [1.29, 1.82) is 0 Å². The van der Waals surface area contributed by atoms with Gasteiger partial charge < -0.3 is 14.5 Å². The van der Waals surface area contributed by atoms with E-state index in [1.807, 2.05) is 18.7 Å². The van der Waals surface area contributed by atoms with E-state index in [4.69, 9.17) is 4.74 Å². The first-order chi connectivity index (χ1) is 9.13. The van der Waals surface area contributed by atoms with Gasteiger partial charge in [-0.25, -0.2) is 0 Å². The molecule has 0 radical (unpaired) electrons. The fourth-order valence-electron chi connectivity index (χ4n) is 2.92. The van der Waals surface area contributed by atoms with E-state index in [-0.39, 0.29) is 30.4 Å². The number of carbonyl (C=O) groups excluding carboxylic acids is 2. The number of amides is 2. The van der Waals surface area contributed by atoms with Crippen LogP contribution in [0.1, 0.15) is 33.1 Å². The van der Waals surface area contributed by atoms with E-state index in [0.717, 1.165) is 39.0 Å². The van der Waals surface area contributed by atoms with Gasteiger partial charge in [0.25, 0.3) is 0 Å². The van der Waals surface area contributed by atoms with Crippen molar-refractivity contribution >= 4 is 11.8 Å². The largest absolute Gasteiger partial charge is 0.378 e. The molecule has 2 amide bonds. The van der Waals surface area contributed by atoms with E-state index in [1.165, 1.54) is 0 Å². The van der Waals surface area contributed by atoms with Gasteiger partial charge in [0.05, 0.1) is 18.6 Å². The minimum Gasteiger partial charge on any atom is -0.378 e. The van der Waals surface area contributed by atoms with Crippen LogP contribution in [0.5, 0.6) is 0 Å². The zero-order valence-electron chi connectivity index (χ0n) is 11.9. The zero-order valence-corrected chi connectivity index (χ0v) is 11.9. The molecule has 0 unspecified atom stereocenters. The molecule has 2 fully saturated rings. The zero-order chi connectivity index (χ0) is 13.8. The molecule has 0 N–H and O–H groups in total. The fraction of sp³-hybridized carbons (Fsp3) is 0.857. The summed E-state index contributed by atoms with van der Waals surface area (Å²) < 4.78 is 5.56. The monoisotopic (exact) mass is 268 g/mol. The number of nitrogens with zero attached hydrogens (tertiary/aromatic N) is 2. The first-order valence-corrected chi connectivity index (χ1v) is 7.31. The quantitative estimate of drug-likeness (QED) is 0.747. The van der Waals surface area contributed by atoms with Crippen molar-refractivity contribution in [3.05, 3.63) is 0 Å². The number of rotatable bonds is 2. The van der Waals surface area contributed by atoms with Crippen LogP contribution in [0.4, 0.5) is 0 Å². The van der Waals surface area contributed by atoms with Gasteiger partial charge in [-0.15, -0.1) is 0 Å². The van der Waals surface area contributed by atoms with E-state index in [0.29, 0.717) is 6.54 Å². The summed E-state index contributed by atoms with van der Waals surface area (Å²) in [6, 6.07) is 0. The average Bonchev–Trinajstić information content (AvgIpc) is 2.60. The van der Waals surface area contributed by atoms with Crippen LogP contribution in [0.15, 0.2) is 0 Å². The highest BCUT2D eigenvalue weighted by Gasteiger charge is 2.34. The Hall–Kier alpha value is -1.10. The Morgan fingerprint density at radius 2 is 2.16 bits per heavy atom. The van der Waals surface area contributed by atoms with Crippen molar-refractivity contribution < 1.29 is 14.3 Å². The van der Waals surface area contributed by atoms with Crippen LogP contribution < -0.4 is 0 Å². The van der Waals surface area contributed by atoms with E-state index in [2.05, 4.69) is 0 Å². The SMILES string of the molecule is CCN1CCCN(C(=O)[C@@H]2CCCO[C@@H]2C)CC1=O. The lowest BCUT2D eigenvalue weighted by molar-refractivity contribution is -0.147. The van der Waals surface area contributed by atoms with Crippen molar-refractivity contribution in [2.75, 3.05) is 32.8 Å². The Morgan fingerprint density at radius 3 is 2.84 bits per heavy atom. The highest BCUT2D eigenvalue weighted by atomic mass is 16.5. The summed E-state index contributed by atoms with van der Waals surface area (Å²) >= 11 is 0. The first-order valence-electron chi connectivity index (χ1n) is 7.31. The van der Waals surface area contributed by atoms with E-state index < -0.39 is 0 Å². The predicted molar refractivity (Wildman–Crippen MR) is 71.6 cm³/mol. The highest BCUT2D eigenvalue weighted by Crippen LogP contribution is 2.23. The normalized spacial score (nSPS) is 29.3. The third-order valence-electron chi connectivity index (χ3n) is 4.15. The van der Waals surface area contributed by atoms with Crippen LogP contribution in [-0.2, 0) is 14.3 Å². The van der Waals surface area contributed by atoms with Gasteiger partial charge in [0, 0.05) is 26.2 Å². The van der Waals surface area contributed by atoms with Crippen molar-refractivity contribution in [2.24, 2.45) is 5.92 Å². The second-order valence-electron chi connectivity index (χ2n) is 5.41. The standard InChI is InChI=1S/C14H24N2O3/c1-3-15-7-5-8-16(10-13(15)17)14(18)12-6-4-9-19-11(12)2/h11-12H,3-10H2,1-2H3/t11-,12-/m1/s1. The van der Waals surface area contributed by atoms with Crippen LogP contribution in [-0.4, -0.2) is 60.5 Å². The Labute approximate surface area is 114 Å². The summed E-state index contributed by atoms with van der Waals surface area (Å²) in [5.74, 6) is 0.0889. The molecule has 5 nitrogen and oxygen atoms in total. The maximum absolute atomic E-state index is 12.5. The molecule has 5 heteroatoms. The number of likely N-dealkylation sites (N-methyl/N-ethyl adjacent to an activating group) is 1. The Balaban J connectivity index is 2.00. The maximum Gasteiger partial charge on any atom is 0.242 e. The lowest BCUT2D eigenvalue weighted by Crippen LogP contribution is -2.45. The summed E-state index contributed by atoms with van der Waals surface area (Å²) in [5, 5.41) is 0. The van der Waals surface area contributed by atoms with E-state index >= 15 is 0 Å². The van der Waals surface area contributed by atoms with E-state index in [9.17, 15) is 9.59 Å². The minimum atomic E-state index is -0.0743. The molecule has 2 rings (SSSR count). The Bertz CT molecular complexity index is 346. The van der Waals surface area contributed by atoms with Gasteiger partial charge in [-0.2, -0.15) is 0 Å². The molecule has 2 aliphatic heterocycles. The molecule has 2 heterocycles. The lowest BCUT2D eigenvalue weighted by atomic mass is 9.94.